The summed E-state index contributed by atoms with van der Waals surface area (Å²) in [5.41, 5.74) is 2.04. The summed E-state index contributed by atoms with van der Waals surface area (Å²) in [6, 6.07) is 18.9. The Morgan fingerprint density at radius 3 is 2.00 bits per heavy atom. The zero-order chi connectivity index (χ0) is 16.7. The number of benzene rings is 2. The lowest BCUT2D eigenvalue weighted by molar-refractivity contribution is -0.139. The maximum Gasteiger partial charge on any atom is 0.242 e. The van der Waals surface area contributed by atoms with Gasteiger partial charge in [0.2, 0.25) is 11.8 Å². The first-order valence-corrected chi connectivity index (χ1v) is 7.70. The SMILES string of the molecule is CC(=O)N(Cc1ccccc1)[C@H](C)C(=O)NCc1ccccc1. The van der Waals surface area contributed by atoms with Gasteiger partial charge in [-0.25, -0.2) is 0 Å². The quantitative estimate of drug-likeness (QED) is 0.892. The predicted octanol–water partition coefficient (Wildman–Crippen LogP) is 2.74. The lowest BCUT2D eigenvalue weighted by Gasteiger charge is -2.27. The average Bonchev–Trinajstić information content (AvgIpc) is 2.58. The second kappa shape index (κ2) is 8.13. The summed E-state index contributed by atoms with van der Waals surface area (Å²) in [5, 5.41) is 2.89. The Balaban J connectivity index is 1.98. The molecule has 0 fully saturated rings. The van der Waals surface area contributed by atoms with E-state index < -0.39 is 6.04 Å². The van der Waals surface area contributed by atoms with Crippen molar-refractivity contribution < 1.29 is 9.59 Å². The maximum atomic E-state index is 12.3. The number of amides is 2. The monoisotopic (exact) mass is 310 g/mol. The number of rotatable bonds is 6. The van der Waals surface area contributed by atoms with Crippen molar-refractivity contribution in [3.05, 3.63) is 71.8 Å². The minimum atomic E-state index is -0.517. The van der Waals surface area contributed by atoms with Crippen LogP contribution in [0, 0.1) is 0 Å². The Morgan fingerprint density at radius 2 is 1.48 bits per heavy atom. The molecule has 0 unspecified atom stereocenters. The molecule has 2 amide bonds. The van der Waals surface area contributed by atoms with Crippen LogP contribution in [0.3, 0.4) is 0 Å². The van der Waals surface area contributed by atoms with Gasteiger partial charge in [-0.05, 0) is 18.1 Å². The molecule has 0 bridgehead atoms. The molecule has 0 radical (unpaired) electrons. The molecule has 120 valence electrons. The highest BCUT2D eigenvalue weighted by molar-refractivity contribution is 5.86. The van der Waals surface area contributed by atoms with Gasteiger partial charge in [-0.15, -0.1) is 0 Å². The van der Waals surface area contributed by atoms with Crippen LogP contribution >= 0.6 is 0 Å². The van der Waals surface area contributed by atoms with Gasteiger partial charge in [0.05, 0.1) is 0 Å². The third-order valence-corrected chi connectivity index (χ3v) is 3.76. The molecular formula is C19H22N2O2. The van der Waals surface area contributed by atoms with Crippen LogP contribution in [0.2, 0.25) is 0 Å². The van der Waals surface area contributed by atoms with Gasteiger partial charge in [0.15, 0.2) is 0 Å². The van der Waals surface area contributed by atoms with E-state index in [1.54, 1.807) is 11.8 Å². The van der Waals surface area contributed by atoms with Crippen molar-refractivity contribution in [3.8, 4) is 0 Å². The molecule has 2 rings (SSSR count). The second-order valence-corrected chi connectivity index (χ2v) is 5.51. The van der Waals surface area contributed by atoms with Crippen LogP contribution in [0.25, 0.3) is 0 Å². The van der Waals surface area contributed by atoms with E-state index in [4.69, 9.17) is 0 Å². The number of hydrogen-bond acceptors (Lipinski definition) is 2. The Kier molecular flexibility index (Phi) is 5.92. The molecular weight excluding hydrogens is 288 g/mol. The first kappa shape index (κ1) is 16.7. The van der Waals surface area contributed by atoms with Gasteiger partial charge < -0.3 is 10.2 Å². The molecule has 1 atom stereocenters. The van der Waals surface area contributed by atoms with Crippen LogP contribution in [0.4, 0.5) is 0 Å². The molecule has 2 aromatic rings. The number of nitrogens with one attached hydrogen (secondary N) is 1. The molecule has 23 heavy (non-hydrogen) atoms. The summed E-state index contributed by atoms with van der Waals surface area (Å²) in [5.74, 6) is -0.267. The third-order valence-electron chi connectivity index (χ3n) is 3.76. The van der Waals surface area contributed by atoms with Crippen LogP contribution in [0.15, 0.2) is 60.7 Å². The van der Waals surface area contributed by atoms with E-state index in [-0.39, 0.29) is 11.8 Å². The lowest BCUT2D eigenvalue weighted by Crippen LogP contribution is -2.46. The fourth-order valence-corrected chi connectivity index (χ4v) is 2.38. The van der Waals surface area contributed by atoms with Crippen molar-refractivity contribution >= 4 is 11.8 Å². The van der Waals surface area contributed by atoms with E-state index in [0.29, 0.717) is 13.1 Å². The van der Waals surface area contributed by atoms with Crippen molar-refractivity contribution in [3.63, 3.8) is 0 Å². The van der Waals surface area contributed by atoms with E-state index in [9.17, 15) is 9.59 Å². The van der Waals surface area contributed by atoms with Gasteiger partial charge in [0.25, 0.3) is 0 Å². The average molecular weight is 310 g/mol. The standard InChI is InChI=1S/C19H22N2O2/c1-15(19(23)20-13-17-9-5-3-6-10-17)21(16(2)22)14-18-11-7-4-8-12-18/h3-12,15H,13-14H2,1-2H3,(H,20,23)/t15-/m1/s1. The van der Waals surface area contributed by atoms with E-state index in [1.165, 1.54) is 6.92 Å². The van der Waals surface area contributed by atoms with Gasteiger partial charge in [-0.2, -0.15) is 0 Å². The molecule has 0 saturated carbocycles. The van der Waals surface area contributed by atoms with Gasteiger partial charge >= 0.3 is 0 Å². The minimum absolute atomic E-state index is 0.115. The molecule has 2 aromatic carbocycles. The van der Waals surface area contributed by atoms with E-state index in [1.807, 2.05) is 60.7 Å². The van der Waals surface area contributed by atoms with Crippen molar-refractivity contribution in [1.29, 1.82) is 0 Å². The number of carbonyl (C=O) groups is 2. The molecule has 0 aliphatic rings. The van der Waals surface area contributed by atoms with Crippen molar-refractivity contribution in [2.24, 2.45) is 0 Å². The van der Waals surface area contributed by atoms with E-state index >= 15 is 0 Å². The smallest absolute Gasteiger partial charge is 0.242 e. The molecule has 4 nitrogen and oxygen atoms in total. The molecule has 4 heteroatoms. The normalized spacial score (nSPS) is 11.6. The number of nitrogens with zero attached hydrogens (tertiary/aromatic N) is 1. The highest BCUT2D eigenvalue weighted by atomic mass is 16.2. The predicted molar refractivity (Wildman–Crippen MR) is 90.4 cm³/mol. The van der Waals surface area contributed by atoms with E-state index in [0.717, 1.165) is 11.1 Å². The van der Waals surface area contributed by atoms with Crippen molar-refractivity contribution in [1.82, 2.24) is 10.2 Å². The topological polar surface area (TPSA) is 49.4 Å². The molecule has 0 aliphatic heterocycles. The zero-order valence-electron chi connectivity index (χ0n) is 13.5. The fraction of sp³-hybridized carbons (Fsp3) is 0.263. The molecule has 0 aromatic heterocycles. The number of carbonyl (C=O) groups excluding carboxylic acids is 2. The first-order valence-electron chi connectivity index (χ1n) is 7.70. The van der Waals surface area contributed by atoms with Gasteiger partial charge in [-0.3, -0.25) is 9.59 Å². The molecule has 1 N–H and O–H groups in total. The van der Waals surface area contributed by atoms with Gasteiger partial charge in [-0.1, -0.05) is 60.7 Å². The van der Waals surface area contributed by atoms with Gasteiger partial charge in [0.1, 0.15) is 6.04 Å². The summed E-state index contributed by atoms with van der Waals surface area (Å²) in [6.45, 7) is 4.13. The molecule has 0 spiro atoms. The van der Waals surface area contributed by atoms with Crippen LogP contribution in [0.5, 0.6) is 0 Å². The van der Waals surface area contributed by atoms with Crippen LogP contribution in [-0.2, 0) is 22.7 Å². The highest BCUT2D eigenvalue weighted by Gasteiger charge is 2.23. The minimum Gasteiger partial charge on any atom is -0.350 e. The Hall–Kier alpha value is -2.62. The third kappa shape index (κ3) is 4.95. The van der Waals surface area contributed by atoms with Gasteiger partial charge in [0, 0.05) is 20.0 Å². The summed E-state index contributed by atoms with van der Waals surface area (Å²) in [4.78, 5) is 25.8. The largest absolute Gasteiger partial charge is 0.350 e. The molecule has 0 heterocycles. The Bertz CT molecular complexity index is 641. The summed E-state index contributed by atoms with van der Waals surface area (Å²) in [6.07, 6.45) is 0. The Morgan fingerprint density at radius 1 is 0.957 bits per heavy atom. The fourth-order valence-electron chi connectivity index (χ4n) is 2.38. The summed E-state index contributed by atoms with van der Waals surface area (Å²) in [7, 11) is 0. The second-order valence-electron chi connectivity index (χ2n) is 5.51. The Labute approximate surface area is 137 Å². The molecule has 0 saturated heterocycles. The number of hydrogen-bond donors (Lipinski definition) is 1. The first-order chi connectivity index (χ1) is 11.1. The van der Waals surface area contributed by atoms with Crippen LogP contribution in [-0.4, -0.2) is 22.8 Å². The van der Waals surface area contributed by atoms with Crippen molar-refractivity contribution in [2.75, 3.05) is 0 Å². The molecule has 0 aliphatic carbocycles. The van der Waals surface area contributed by atoms with Crippen LogP contribution < -0.4 is 5.32 Å². The maximum absolute atomic E-state index is 12.3. The summed E-state index contributed by atoms with van der Waals surface area (Å²) < 4.78 is 0. The zero-order valence-corrected chi connectivity index (χ0v) is 13.5. The van der Waals surface area contributed by atoms with E-state index in [2.05, 4.69) is 5.32 Å². The van der Waals surface area contributed by atoms with Crippen LogP contribution in [0.1, 0.15) is 25.0 Å². The highest BCUT2D eigenvalue weighted by Crippen LogP contribution is 2.09. The lowest BCUT2D eigenvalue weighted by atomic mass is 10.1. The van der Waals surface area contributed by atoms with Crippen molar-refractivity contribution in [2.45, 2.75) is 33.0 Å². The summed E-state index contributed by atoms with van der Waals surface area (Å²) >= 11 is 0.